The normalized spacial score (nSPS) is 11.0. The summed E-state index contributed by atoms with van der Waals surface area (Å²) in [5.41, 5.74) is 2.03. The van der Waals surface area contributed by atoms with Crippen LogP contribution in [0.3, 0.4) is 0 Å². The Morgan fingerprint density at radius 3 is 2.59 bits per heavy atom. The first-order valence-corrected chi connectivity index (χ1v) is 10.5. The summed E-state index contributed by atoms with van der Waals surface area (Å²) >= 11 is 13.3. The molecular weight excluding hydrogens is 429 g/mol. The third-order valence-corrected chi connectivity index (χ3v) is 5.74. The molecule has 0 aliphatic carbocycles. The number of pyridine rings is 1. The van der Waals surface area contributed by atoms with Gasteiger partial charge in [0.05, 0.1) is 11.2 Å². The van der Waals surface area contributed by atoms with Crippen molar-refractivity contribution in [3.05, 3.63) is 79.9 Å². The van der Waals surface area contributed by atoms with Crippen molar-refractivity contribution in [2.24, 2.45) is 0 Å². The topological polar surface area (TPSA) is 64.0 Å². The van der Waals surface area contributed by atoms with Crippen LogP contribution in [-0.2, 0) is 6.54 Å². The second-order valence-electron chi connectivity index (χ2n) is 6.32. The van der Waals surface area contributed by atoms with Crippen molar-refractivity contribution in [2.75, 3.05) is 5.32 Å². The molecule has 4 aromatic rings. The number of fused-ring (bicyclic) bond motifs is 1. The van der Waals surface area contributed by atoms with E-state index in [9.17, 15) is 9.59 Å². The summed E-state index contributed by atoms with van der Waals surface area (Å²) in [6.07, 6.45) is 1.57. The molecule has 0 saturated heterocycles. The molecule has 1 amide bonds. The Balaban J connectivity index is 1.67. The smallest absolute Gasteiger partial charge is 0.262 e. The predicted molar refractivity (Wildman–Crippen MR) is 119 cm³/mol. The lowest BCUT2D eigenvalue weighted by atomic mass is 10.1. The molecule has 2 aromatic heterocycles. The summed E-state index contributed by atoms with van der Waals surface area (Å²) in [6.45, 7) is 2.55. The largest absolute Gasteiger partial charge is 0.347 e. The van der Waals surface area contributed by atoms with E-state index < -0.39 is 5.91 Å². The molecule has 0 bridgehead atoms. The molecule has 0 aliphatic heterocycles. The van der Waals surface area contributed by atoms with Gasteiger partial charge in [-0.25, -0.2) is 4.98 Å². The standard InChI is InChI=1S/C21H15Cl2N3O2S/c1-2-26-10-16(19(27)15-9-14(23)7-8-18(15)26)20(28)25-21-24-17(11-29-21)12-3-5-13(22)6-4-12/h3-11H,2H2,1H3,(H,24,25,28). The minimum absolute atomic E-state index is 0.0462. The number of rotatable bonds is 4. The number of carbonyl (C=O) groups is 1. The maximum absolute atomic E-state index is 12.9. The first-order valence-electron chi connectivity index (χ1n) is 8.82. The monoisotopic (exact) mass is 443 g/mol. The highest BCUT2D eigenvalue weighted by molar-refractivity contribution is 7.14. The van der Waals surface area contributed by atoms with Crippen LogP contribution in [0.25, 0.3) is 22.2 Å². The number of amides is 1. The molecule has 0 spiro atoms. The third-order valence-electron chi connectivity index (χ3n) is 4.49. The number of hydrogen-bond acceptors (Lipinski definition) is 4. The lowest BCUT2D eigenvalue weighted by Crippen LogP contribution is -2.23. The summed E-state index contributed by atoms with van der Waals surface area (Å²) in [7, 11) is 0. The van der Waals surface area contributed by atoms with Crippen molar-refractivity contribution in [3.8, 4) is 11.3 Å². The quantitative estimate of drug-likeness (QED) is 0.439. The molecule has 2 aromatic carbocycles. The number of aromatic nitrogens is 2. The molecule has 0 saturated carbocycles. The van der Waals surface area contributed by atoms with Crippen molar-refractivity contribution < 1.29 is 4.79 Å². The van der Waals surface area contributed by atoms with Crippen LogP contribution in [0.2, 0.25) is 10.0 Å². The van der Waals surface area contributed by atoms with Gasteiger partial charge in [-0.05, 0) is 37.3 Å². The highest BCUT2D eigenvalue weighted by atomic mass is 35.5. The SMILES string of the molecule is CCn1cc(C(=O)Nc2nc(-c3ccc(Cl)cc3)cs2)c(=O)c2cc(Cl)ccc21. The van der Waals surface area contributed by atoms with Gasteiger partial charge in [-0.1, -0.05) is 35.3 Å². The number of thiazole rings is 1. The molecular formula is C21H15Cl2N3O2S. The Morgan fingerprint density at radius 1 is 1.14 bits per heavy atom. The van der Waals surface area contributed by atoms with Crippen LogP contribution >= 0.6 is 34.5 Å². The minimum Gasteiger partial charge on any atom is -0.347 e. The molecule has 5 nitrogen and oxygen atoms in total. The second kappa shape index (κ2) is 7.99. The van der Waals surface area contributed by atoms with E-state index in [1.807, 2.05) is 29.0 Å². The van der Waals surface area contributed by atoms with Crippen LogP contribution in [-0.4, -0.2) is 15.5 Å². The van der Waals surface area contributed by atoms with E-state index in [2.05, 4.69) is 10.3 Å². The summed E-state index contributed by atoms with van der Waals surface area (Å²) in [4.78, 5) is 30.1. The van der Waals surface area contributed by atoms with Crippen LogP contribution in [0.4, 0.5) is 5.13 Å². The zero-order valence-corrected chi connectivity index (χ0v) is 17.6. The molecule has 0 atom stereocenters. The van der Waals surface area contributed by atoms with Gasteiger partial charge in [0.25, 0.3) is 5.91 Å². The fourth-order valence-corrected chi connectivity index (χ4v) is 4.05. The summed E-state index contributed by atoms with van der Waals surface area (Å²) < 4.78 is 1.85. The van der Waals surface area contributed by atoms with E-state index in [-0.39, 0.29) is 11.0 Å². The number of halogens is 2. The zero-order chi connectivity index (χ0) is 20.5. The van der Waals surface area contributed by atoms with Gasteiger partial charge < -0.3 is 4.57 Å². The summed E-state index contributed by atoms with van der Waals surface area (Å²) in [6, 6.07) is 12.4. The summed E-state index contributed by atoms with van der Waals surface area (Å²) in [5, 5.41) is 6.47. The van der Waals surface area contributed by atoms with Gasteiger partial charge in [-0.15, -0.1) is 11.3 Å². The molecule has 0 unspecified atom stereocenters. The Hall–Kier alpha value is -2.67. The number of aryl methyl sites for hydroxylation is 1. The number of benzene rings is 2. The molecule has 0 radical (unpaired) electrons. The third kappa shape index (κ3) is 3.92. The highest BCUT2D eigenvalue weighted by Gasteiger charge is 2.17. The number of carbonyl (C=O) groups excluding carboxylic acids is 1. The van der Waals surface area contributed by atoms with Crippen LogP contribution in [0, 0.1) is 0 Å². The van der Waals surface area contributed by atoms with Crippen LogP contribution in [0.15, 0.2) is 58.8 Å². The number of nitrogens with zero attached hydrogens (tertiary/aromatic N) is 2. The second-order valence-corrected chi connectivity index (χ2v) is 8.05. The number of nitrogens with one attached hydrogen (secondary N) is 1. The fourth-order valence-electron chi connectivity index (χ4n) is 3.04. The summed E-state index contributed by atoms with van der Waals surface area (Å²) in [5.74, 6) is -0.504. The van der Waals surface area contributed by atoms with Crippen molar-refractivity contribution in [1.82, 2.24) is 9.55 Å². The Kier molecular flexibility index (Phi) is 5.41. The first kappa shape index (κ1) is 19.6. The lowest BCUT2D eigenvalue weighted by molar-refractivity contribution is 0.102. The van der Waals surface area contributed by atoms with Crippen LogP contribution in [0.1, 0.15) is 17.3 Å². The average Bonchev–Trinajstić information content (AvgIpc) is 3.17. The molecule has 0 fully saturated rings. The first-order chi connectivity index (χ1) is 14.0. The van der Waals surface area contributed by atoms with Gasteiger partial charge in [0.2, 0.25) is 5.43 Å². The van der Waals surface area contributed by atoms with Crippen molar-refractivity contribution >= 4 is 56.5 Å². The van der Waals surface area contributed by atoms with Gasteiger partial charge in [0.15, 0.2) is 5.13 Å². The maximum atomic E-state index is 12.9. The van der Waals surface area contributed by atoms with Crippen molar-refractivity contribution in [2.45, 2.75) is 13.5 Å². The van der Waals surface area contributed by atoms with E-state index in [1.165, 1.54) is 11.3 Å². The average molecular weight is 444 g/mol. The lowest BCUT2D eigenvalue weighted by Gasteiger charge is -2.11. The number of anilines is 1. The molecule has 8 heteroatoms. The zero-order valence-electron chi connectivity index (χ0n) is 15.3. The van der Waals surface area contributed by atoms with E-state index in [4.69, 9.17) is 23.2 Å². The van der Waals surface area contributed by atoms with E-state index in [0.29, 0.717) is 27.1 Å². The van der Waals surface area contributed by atoms with Crippen LogP contribution < -0.4 is 10.7 Å². The molecule has 2 heterocycles. The van der Waals surface area contributed by atoms with Crippen molar-refractivity contribution in [1.29, 1.82) is 0 Å². The molecule has 29 heavy (non-hydrogen) atoms. The highest BCUT2D eigenvalue weighted by Crippen LogP contribution is 2.26. The Bertz CT molecular complexity index is 1280. The Labute approximate surface area is 180 Å². The van der Waals surface area contributed by atoms with E-state index >= 15 is 0 Å². The molecule has 0 aliphatic rings. The maximum Gasteiger partial charge on any atom is 0.262 e. The molecule has 146 valence electrons. The Morgan fingerprint density at radius 2 is 1.86 bits per heavy atom. The van der Waals surface area contributed by atoms with Crippen molar-refractivity contribution in [3.63, 3.8) is 0 Å². The van der Waals surface area contributed by atoms with Crippen LogP contribution in [0.5, 0.6) is 0 Å². The van der Waals surface area contributed by atoms with Gasteiger partial charge in [0.1, 0.15) is 5.56 Å². The van der Waals surface area contributed by atoms with E-state index in [1.54, 1.807) is 36.5 Å². The fraction of sp³-hybridized carbons (Fsp3) is 0.0952. The van der Waals surface area contributed by atoms with Gasteiger partial charge in [-0.3, -0.25) is 14.9 Å². The van der Waals surface area contributed by atoms with Gasteiger partial charge in [0, 0.05) is 39.1 Å². The van der Waals surface area contributed by atoms with Gasteiger partial charge >= 0.3 is 0 Å². The minimum atomic E-state index is -0.504. The molecule has 4 rings (SSSR count). The molecule has 1 N–H and O–H groups in total. The van der Waals surface area contributed by atoms with Gasteiger partial charge in [-0.2, -0.15) is 0 Å². The van der Waals surface area contributed by atoms with E-state index in [0.717, 1.165) is 16.8 Å². The predicted octanol–water partition coefficient (Wildman–Crippen LogP) is 5.70. The number of hydrogen-bond donors (Lipinski definition) is 1.